The molecule has 1 aliphatic heterocycles. The zero-order valence-electron chi connectivity index (χ0n) is 17.5. The molecule has 5 rings (SSSR count). The Bertz CT molecular complexity index is 760. The minimum atomic E-state index is -0.475. The van der Waals surface area contributed by atoms with Gasteiger partial charge in [-0.25, -0.2) is 0 Å². The second kappa shape index (κ2) is 5.60. The summed E-state index contributed by atoms with van der Waals surface area (Å²) in [5.41, 5.74) is -0.497. The van der Waals surface area contributed by atoms with Gasteiger partial charge in [-0.2, -0.15) is 0 Å². The molecule has 1 spiro atoms. The maximum absolute atomic E-state index is 12.8. The molecule has 5 nitrogen and oxygen atoms in total. The van der Waals surface area contributed by atoms with Crippen LogP contribution in [0.15, 0.2) is 0 Å². The van der Waals surface area contributed by atoms with Crippen LogP contribution in [0.4, 0.5) is 0 Å². The highest BCUT2D eigenvalue weighted by Gasteiger charge is 2.80. The summed E-state index contributed by atoms with van der Waals surface area (Å²) >= 11 is 0. The summed E-state index contributed by atoms with van der Waals surface area (Å²) in [5.74, 6) is 1.24. The van der Waals surface area contributed by atoms with Crippen LogP contribution in [-0.2, 0) is 23.9 Å². The Labute approximate surface area is 166 Å². The van der Waals surface area contributed by atoms with Gasteiger partial charge in [-0.15, -0.1) is 0 Å². The fourth-order valence-electron chi connectivity index (χ4n) is 8.80. The molecule has 0 radical (unpaired) electrons. The molecule has 1 heterocycles. The minimum Gasteiger partial charge on any atom is -0.462 e. The highest BCUT2D eigenvalue weighted by Crippen LogP contribution is 2.76. The van der Waals surface area contributed by atoms with Gasteiger partial charge in [0.25, 0.3) is 0 Å². The van der Waals surface area contributed by atoms with Gasteiger partial charge in [0.15, 0.2) is 0 Å². The number of hydrogen-bond acceptors (Lipinski definition) is 5. The first kappa shape index (κ1) is 18.6. The van der Waals surface area contributed by atoms with Gasteiger partial charge in [-0.05, 0) is 68.6 Å². The maximum atomic E-state index is 12.8. The van der Waals surface area contributed by atoms with Crippen molar-refractivity contribution >= 4 is 17.7 Å². The highest BCUT2D eigenvalue weighted by atomic mass is 16.6. The summed E-state index contributed by atoms with van der Waals surface area (Å²) in [4.78, 5) is 36.7. The van der Waals surface area contributed by atoms with Crippen molar-refractivity contribution in [3.63, 3.8) is 0 Å². The van der Waals surface area contributed by atoms with Crippen molar-refractivity contribution in [3.05, 3.63) is 0 Å². The lowest BCUT2D eigenvalue weighted by Gasteiger charge is -2.57. The number of Topliss-reactive ketones (excluding diaryl/α,β-unsaturated/α-hetero) is 1. The number of carbonyl (C=O) groups excluding carboxylic acids is 3. The lowest BCUT2D eigenvalue weighted by Crippen LogP contribution is -2.66. The maximum Gasteiger partial charge on any atom is 0.313 e. The van der Waals surface area contributed by atoms with Gasteiger partial charge in [0.05, 0.1) is 0 Å². The second-order valence-corrected chi connectivity index (χ2v) is 10.8. The van der Waals surface area contributed by atoms with Gasteiger partial charge < -0.3 is 9.47 Å². The van der Waals surface area contributed by atoms with Crippen LogP contribution in [0, 0.1) is 40.4 Å². The molecule has 4 saturated carbocycles. The van der Waals surface area contributed by atoms with Crippen LogP contribution in [-0.4, -0.2) is 29.4 Å². The van der Waals surface area contributed by atoms with Crippen LogP contribution in [0.1, 0.15) is 72.6 Å². The van der Waals surface area contributed by atoms with Crippen molar-refractivity contribution in [1.82, 2.24) is 0 Å². The second-order valence-electron chi connectivity index (χ2n) is 10.8. The van der Waals surface area contributed by atoms with Crippen molar-refractivity contribution in [2.45, 2.75) is 84.3 Å². The van der Waals surface area contributed by atoms with Crippen LogP contribution in [0.25, 0.3) is 0 Å². The normalized spacial score (nSPS) is 53.8. The molecule has 5 heteroatoms. The molecule has 28 heavy (non-hydrogen) atoms. The molecule has 9 atom stereocenters. The summed E-state index contributed by atoms with van der Waals surface area (Å²) in [6.07, 6.45) is 6.44. The predicted octanol–water partition coefficient (Wildman–Crippen LogP) is 3.68. The van der Waals surface area contributed by atoms with E-state index in [0.29, 0.717) is 30.0 Å². The predicted molar refractivity (Wildman–Crippen MR) is 101 cm³/mol. The Hall–Kier alpha value is -1.39. The summed E-state index contributed by atoms with van der Waals surface area (Å²) in [6, 6.07) is 0. The van der Waals surface area contributed by atoms with Crippen molar-refractivity contribution in [1.29, 1.82) is 0 Å². The van der Waals surface area contributed by atoms with Crippen molar-refractivity contribution in [3.8, 4) is 0 Å². The molecule has 4 aliphatic carbocycles. The van der Waals surface area contributed by atoms with Gasteiger partial charge in [0, 0.05) is 24.7 Å². The number of ether oxygens (including phenoxy) is 2. The molecule has 5 aliphatic rings. The molecule has 0 bridgehead atoms. The SMILES string of the molecule is CC(=O)OC1CCC2(C)C3CCC4(C)C(C(C)=O)CCC4C3C3C(=O)OC32C1. The first-order chi connectivity index (χ1) is 13.1. The lowest BCUT2D eigenvalue weighted by atomic mass is 9.54. The molecule has 0 aromatic carbocycles. The Kier molecular flexibility index (Phi) is 3.73. The Morgan fingerprint density at radius 3 is 2.43 bits per heavy atom. The van der Waals surface area contributed by atoms with E-state index in [-0.39, 0.29) is 40.7 Å². The van der Waals surface area contributed by atoms with Crippen LogP contribution in [0.2, 0.25) is 0 Å². The van der Waals surface area contributed by atoms with Crippen molar-refractivity contribution in [2.24, 2.45) is 40.4 Å². The topological polar surface area (TPSA) is 69.7 Å². The molecule has 0 aromatic heterocycles. The molecular formula is C23H32O5. The number of esters is 2. The number of rotatable bonds is 2. The largest absolute Gasteiger partial charge is 0.462 e. The van der Waals surface area contributed by atoms with Crippen molar-refractivity contribution in [2.75, 3.05) is 0 Å². The van der Waals surface area contributed by atoms with E-state index in [1.165, 1.54) is 6.92 Å². The average Bonchev–Trinajstić information content (AvgIpc) is 3.02. The quantitative estimate of drug-likeness (QED) is 0.675. The molecular weight excluding hydrogens is 356 g/mol. The first-order valence-electron chi connectivity index (χ1n) is 11.0. The zero-order valence-corrected chi connectivity index (χ0v) is 17.5. The number of ketones is 1. The molecule has 1 saturated heterocycles. The lowest BCUT2D eigenvalue weighted by molar-refractivity contribution is -0.251. The molecule has 0 N–H and O–H groups in total. The van der Waals surface area contributed by atoms with Gasteiger partial charge >= 0.3 is 11.9 Å². The molecule has 0 aromatic rings. The summed E-state index contributed by atoms with van der Waals surface area (Å²) in [7, 11) is 0. The van der Waals surface area contributed by atoms with E-state index in [1.54, 1.807) is 6.92 Å². The Morgan fingerprint density at radius 1 is 1.04 bits per heavy atom. The minimum absolute atomic E-state index is 0.0171. The van der Waals surface area contributed by atoms with E-state index in [2.05, 4.69) is 13.8 Å². The van der Waals surface area contributed by atoms with Crippen LogP contribution < -0.4 is 0 Å². The van der Waals surface area contributed by atoms with E-state index < -0.39 is 5.60 Å². The Balaban J connectivity index is 1.53. The standard InChI is InChI=1S/C23H32O5/c1-12(24)15-5-6-16-18-17(8-9-21(15,16)3)22(4)10-7-14(27-13(2)25)11-23(22)19(18)20(26)28-23/h14-19H,5-11H2,1-4H3. The molecule has 9 unspecified atom stereocenters. The highest BCUT2D eigenvalue weighted by molar-refractivity contribution is 5.83. The summed E-state index contributed by atoms with van der Waals surface area (Å²) < 4.78 is 11.6. The summed E-state index contributed by atoms with van der Waals surface area (Å²) in [5, 5.41) is 0. The van der Waals surface area contributed by atoms with E-state index in [9.17, 15) is 14.4 Å². The smallest absolute Gasteiger partial charge is 0.313 e. The first-order valence-corrected chi connectivity index (χ1v) is 11.0. The van der Waals surface area contributed by atoms with E-state index in [0.717, 1.165) is 38.5 Å². The van der Waals surface area contributed by atoms with E-state index >= 15 is 0 Å². The van der Waals surface area contributed by atoms with Gasteiger partial charge in [0.2, 0.25) is 0 Å². The molecule has 154 valence electrons. The van der Waals surface area contributed by atoms with Gasteiger partial charge in [-0.1, -0.05) is 13.8 Å². The number of hydrogen-bond donors (Lipinski definition) is 0. The number of fused-ring (bicyclic) bond motifs is 5. The van der Waals surface area contributed by atoms with Crippen LogP contribution in [0.3, 0.4) is 0 Å². The Morgan fingerprint density at radius 2 is 1.79 bits per heavy atom. The van der Waals surface area contributed by atoms with Gasteiger partial charge in [-0.3, -0.25) is 14.4 Å². The fraction of sp³-hybridized carbons (Fsp3) is 0.870. The van der Waals surface area contributed by atoms with Crippen molar-refractivity contribution < 1.29 is 23.9 Å². The third-order valence-corrected chi connectivity index (χ3v) is 9.88. The third kappa shape index (κ3) is 2.01. The molecule has 5 fully saturated rings. The third-order valence-electron chi connectivity index (χ3n) is 9.88. The van der Waals surface area contributed by atoms with Crippen LogP contribution in [0.5, 0.6) is 0 Å². The zero-order chi connectivity index (χ0) is 20.1. The fourth-order valence-corrected chi connectivity index (χ4v) is 8.80. The number of carbonyl (C=O) groups is 3. The van der Waals surface area contributed by atoms with E-state index in [1.807, 2.05) is 0 Å². The average molecular weight is 389 g/mol. The summed E-state index contributed by atoms with van der Waals surface area (Å²) in [6.45, 7) is 7.82. The van der Waals surface area contributed by atoms with E-state index in [4.69, 9.17) is 9.47 Å². The van der Waals surface area contributed by atoms with Gasteiger partial charge in [0.1, 0.15) is 23.4 Å². The van der Waals surface area contributed by atoms with Crippen LogP contribution >= 0.6 is 0 Å². The monoisotopic (exact) mass is 388 g/mol. The molecule has 0 amide bonds.